The SMILES string of the molecule is CC1CCCN(Cc2nc3cc4c(cc3[nH]2)OCO4)C1. The number of likely N-dealkylation sites (tertiary alicyclic amines) is 1. The summed E-state index contributed by atoms with van der Waals surface area (Å²) in [5.74, 6) is 3.41. The van der Waals surface area contributed by atoms with E-state index in [0.29, 0.717) is 6.79 Å². The quantitative estimate of drug-likeness (QED) is 0.913. The third kappa shape index (κ3) is 2.12. The van der Waals surface area contributed by atoms with Gasteiger partial charge in [-0.1, -0.05) is 6.92 Å². The van der Waals surface area contributed by atoms with Crippen molar-refractivity contribution in [3.63, 3.8) is 0 Å². The molecule has 0 radical (unpaired) electrons. The summed E-state index contributed by atoms with van der Waals surface area (Å²) in [6.45, 7) is 5.86. The van der Waals surface area contributed by atoms with Crippen molar-refractivity contribution in [1.82, 2.24) is 14.9 Å². The van der Waals surface area contributed by atoms with Crippen molar-refractivity contribution in [3.8, 4) is 11.5 Å². The zero-order valence-electron chi connectivity index (χ0n) is 11.7. The number of benzene rings is 1. The molecule has 3 heterocycles. The molecule has 1 unspecified atom stereocenters. The van der Waals surface area contributed by atoms with E-state index in [0.717, 1.165) is 40.8 Å². The van der Waals surface area contributed by atoms with Gasteiger partial charge in [0.15, 0.2) is 11.5 Å². The van der Waals surface area contributed by atoms with Gasteiger partial charge in [0, 0.05) is 18.7 Å². The van der Waals surface area contributed by atoms with Crippen LogP contribution in [-0.4, -0.2) is 34.8 Å². The largest absolute Gasteiger partial charge is 0.454 e. The fourth-order valence-corrected chi connectivity index (χ4v) is 3.17. The van der Waals surface area contributed by atoms with Crippen LogP contribution in [0.4, 0.5) is 0 Å². The minimum Gasteiger partial charge on any atom is -0.454 e. The van der Waals surface area contributed by atoms with Gasteiger partial charge >= 0.3 is 0 Å². The van der Waals surface area contributed by atoms with E-state index < -0.39 is 0 Å². The molecule has 0 saturated carbocycles. The highest BCUT2D eigenvalue weighted by molar-refractivity contribution is 5.80. The summed E-state index contributed by atoms with van der Waals surface area (Å²) in [7, 11) is 0. The van der Waals surface area contributed by atoms with E-state index in [1.807, 2.05) is 12.1 Å². The summed E-state index contributed by atoms with van der Waals surface area (Å²) in [6.07, 6.45) is 2.63. The van der Waals surface area contributed by atoms with E-state index in [1.54, 1.807) is 0 Å². The second kappa shape index (κ2) is 4.66. The van der Waals surface area contributed by atoms with Crippen LogP contribution in [0.1, 0.15) is 25.6 Å². The predicted octanol–water partition coefficient (Wildman–Crippen LogP) is 2.52. The average molecular weight is 273 g/mol. The fourth-order valence-electron chi connectivity index (χ4n) is 3.17. The molecule has 2 aliphatic heterocycles. The van der Waals surface area contributed by atoms with Crippen molar-refractivity contribution in [1.29, 1.82) is 0 Å². The Kier molecular flexibility index (Phi) is 2.80. The van der Waals surface area contributed by atoms with Crippen LogP contribution in [0.15, 0.2) is 12.1 Å². The molecule has 20 heavy (non-hydrogen) atoms. The van der Waals surface area contributed by atoms with Crippen LogP contribution in [0.5, 0.6) is 11.5 Å². The van der Waals surface area contributed by atoms with Crippen molar-refractivity contribution in [3.05, 3.63) is 18.0 Å². The molecule has 1 N–H and O–H groups in total. The molecule has 106 valence electrons. The number of nitrogens with one attached hydrogen (secondary N) is 1. The van der Waals surface area contributed by atoms with E-state index >= 15 is 0 Å². The van der Waals surface area contributed by atoms with Crippen LogP contribution in [0, 0.1) is 5.92 Å². The molecular formula is C15H19N3O2. The number of hydrogen-bond donors (Lipinski definition) is 1. The van der Waals surface area contributed by atoms with Gasteiger partial charge in [0.2, 0.25) is 6.79 Å². The molecule has 1 saturated heterocycles. The van der Waals surface area contributed by atoms with Crippen LogP contribution in [-0.2, 0) is 6.54 Å². The fraction of sp³-hybridized carbons (Fsp3) is 0.533. The van der Waals surface area contributed by atoms with Gasteiger partial charge in [-0.25, -0.2) is 4.98 Å². The van der Waals surface area contributed by atoms with Crippen LogP contribution >= 0.6 is 0 Å². The lowest BCUT2D eigenvalue weighted by atomic mass is 10.0. The first-order valence-electron chi connectivity index (χ1n) is 7.28. The van der Waals surface area contributed by atoms with Crippen LogP contribution < -0.4 is 9.47 Å². The second-order valence-corrected chi connectivity index (χ2v) is 5.89. The Bertz CT molecular complexity index is 596. The molecule has 4 rings (SSSR count). The number of fused-ring (bicyclic) bond motifs is 2. The zero-order chi connectivity index (χ0) is 13.5. The number of piperidine rings is 1. The van der Waals surface area contributed by atoms with Crippen LogP contribution in [0.25, 0.3) is 11.0 Å². The molecule has 1 aromatic carbocycles. The first kappa shape index (κ1) is 12.0. The molecule has 0 amide bonds. The third-order valence-electron chi connectivity index (χ3n) is 4.14. The maximum Gasteiger partial charge on any atom is 0.231 e. The molecule has 0 bridgehead atoms. The molecule has 5 heteroatoms. The van der Waals surface area contributed by atoms with E-state index in [1.165, 1.54) is 25.9 Å². The van der Waals surface area contributed by atoms with Gasteiger partial charge < -0.3 is 14.5 Å². The maximum atomic E-state index is 5.40. The van der Waals surface area contributed by atoms with E-state index in [4.69, 9.17) is 9.47 Å². The van der Waals surface area contributed by atoms with Gasteiger partial charge in [-0.15, -0.1) is 0 Å². The number of rotatable bonds is 2. The summed E-state index contributed by atoms with van der Waals surface area (Å²) in [4.78, 5) is 10.6. The minimum atomic E-state index is 0.306. The van der Waals surface area contributed by atoms with Gasteiger partial charge in [-0.3, -0.25) is 4.90 Å². The zero-order valence-corrected chi connectivity index (χ0v) is 11.7. The van der Waals surface area contributed by atoms with Crippen LogP contribution in [0.3, 0.4) is 0 Å². The Balaban J connectivity index is 1.58. The lowest BCUT2D eigenvalue weighted by molar-refractivity contribution is 0.173. The number of ether oxygens (including phenoxy) is 2. The minimum absolute atomic E-state index is 0.306. The smallest absolute Gasteiger partial charge is 0.231 e. The normalized spacial score (nSPS) is 22.6. The standard InChI is InChI=1S/C15H19N3O2/c1-10-3-2-4-18(7-10)8-15-16-11-5-13-14(20-9-19-13)6-12(11)17-15/h5-6,10H,2-4,7-9H2,1H3,(H,16,17). The lowest BCUT2D eigenvalue weighted by Crippen LogP contribution is -2.34. The predicted molar refractivity (Wildman–Crippen MR) is 75.9 cm³/mol. The van der Waals surface area contributed by atoms with Crippen molar-refractivity contribution < 1.29 is 9.47 Å². The molecule has 1 aromatic heterocycles. The van der Waals surface area contributed by atoms with E-state index in [9.17, 15) is 0 Å². The average Bonchev–Trinajstić information content (AvgIpc) is 3.00. The summed E-state index contributed by atoms with van der Waals surface area (Å²) in [6, 6.07) is 3.93. The lowest BCUT2D eigenvalue weighted by Gasteiger charge is -2.29. The first-order valence-corrected chi connectivity index (χ1v) is 7.28. The van der Waals surface area contributed by atoms with Crippen molar-refractivity contribution in [2.75, 3.05) is 19.9 Å². The highest BCUT2D eigenvalue weighted by Gasteiger charge is 2.19. The molecule has 2 aliphatic rings. The number of H-pyrrole nitrogens is 1. The number of hydrogen-bond acceptors (Lipinski definition) is 4. The number of aromatic nitrogens is 2. The van der Waals surface area contributed by atoms with Crippen molar-refractivity contribution >= 4 is 11.0 Å². The Morgan fingerprint density at radius 2 is 2.20 bits per heavy atom. The van der Waals surface area contributed by atoms with Gasteiger partial charge in [-0.2, -0.15) is 0 Å². The van der Waals surface area contributed by atoms with Crippen molar-refractivity contribution in [2.45, 2.75) is 26.3 Å². The van der Waals surface area contributed by atoms with Gasteiger partial charge in [0.05, 0.1) is 17.6 Å². The number of nitrogens with zero attached hydrogens (tertiary/aromatic N) is 2. The first-order chi connectivity index (χ1) is 9.78. The maximum absolute atomic E-state index is 5.40. The summed E-state index contributed by atoms with van der Waals surface area (Å²) < 4.78 is 10.8. The van der Waals surface area contributed by atoms with E-state index in [-0.39, 0.29) is 0 Å². The highest BCUT2D eigenvalue weighted by Crippen LogP contribution is 2.35. The van der Waals surface area contributed by atoms with Gasteiger partial charge in [-0.05, 0) is 25.3 Å². The molecule has 0 aliphatic carbocycles. The highest BCUT2D eigenvalue weighted by atomic mass is 16.7. The molecule has 1 fully saturated rings. The molecule has 2 aromatic rings. The third-order valence-corrected chi connectivity index (χ3v) is 4.14. The second-order valence-electron chi connectivity index (χ2n) is 5.89. The Hall–Kier alpha value is -1.75. The topological polar surface area (TPSA) is 50.4 Å². The van der Waals surface area contributed by atoms with Gasteiger partial charge in [0.25, 0.3) is 0 Å². The molecule has 0 spiro atoms. The van der Waals surface area contributed by atoms with Crippen molar-refractivity contribution in [2.24, 2.45) is 5.92 Å². The number of imidazole rings is 1. The summed E-state index contributed by atoms with van der Waals surface area (Å²) in [5.41, 5.74) is 1.98. The summed E-state index contributed by atoms with van der Waals surface area (Å²) in [5, 5.41) is 0. The Morgan fingerprint density at radius 1 is 1.35 bits per heavy atom. The molecule has 5 nitrogen and oxygen atoms in total. The van der Waals surface area contributed by atoms with Crippen LogP contribution in [0.2, 0.25) is 0 Å². The molecular weight excluding hydrogens is 254 g/mol. The Labute approximate surface area is 117 Å². The van der Waals surface area contributed by atoms with Gasteiger partial charge in [0.1, 0.15) is 5.82 Å². The monoisotopic (exact) mass is 273 g/mol. The van der Waals surface area contributed by atoms with E-state index in [2.05, 4.69) is 21.8 Å². The molecule has 1 atom stereocenters. The number of aromatic amines is 1. The summed E-state index contributed by atoms with van der Waals surface area (Å²) >= 11 is 0. The Morgan fingerprint density at radius 3 is 3.05 bits per heavy atom.